The molecule has 0 saturated heterocycles. The Morgan fingerprint density at radius 1 is 1.11 bits per heavy atom. The van der Waals surface area contributed by atoms with Crippen LogP contribution in [0.5, 0.6) is 0 Å². The first-order valence-corrected chi connectivity index (χ1v) is 6.23. The number of hydrogen-bond donors (Lipinski definition) is 2. The molecule has 0 aromatic heterocycles. The Kier molecular flexibility index (Phi) is 6.29. The molecule has 1 unspecified atom stereocenters. The normalized spacial score (nSPS) is 13.3. The average molecular weight is 252 g/mol. The van der Waals surface area contributed by atoms with Gasteiger partial charge in [0.05, 0.1) is 6.04 Å². The first-order valence-electron chi connectivity index (χ1n) is 6.23. The number of benzene rings is 1. The van der Waals surface area contributed by atoms with Gasteiger partial charge in [-0.25, -0.2) is 0 Å². The number of ether oxygens (including phenoxy) is 2. The van der Waals surface area contributed by atoms with Crippen LogP contribution in [0.3, 0.4) is 0 Å². The van der Waals surface area contributed by atoms with Gasteiger partial charge in [-0.15, -0.1) is 0 Å². The molecular weight excluding hydrogens is 228 g/mol. The van der Waals surface area contributed by atoms with Crippen molar-refractivity contribution >= 4 is 0 Å². The number of methoxy groups -OCH3 is 2. The zero-order chi connectivity index (χ0) is 13.5. The lowest BCUT2D eigenvalue weighted by Crippen LogP contribution is -2.47. The summed E-state index contributed by atoms with van der Waals surface area (Å²) in [5.41, 5.74) is 5.29. The highest BCUT2D eigenvalue weighted by molar-refractivity contribution is 5.25. The van der Waals surface area contributed by atoms with Crippen LogP contribution in [0, 0.1) is 0 Å². The minimum absolute atomic E-state index is 0.0649. The van der Waals surface area contributed by atoms with Crippen LogP contribution in [-0.4, -0.2) is 26.6 Å². The van der Waals surface area contributed by atoms with Gasteiger partial charge < -0.3 is 9.47 Å². The van der Waals surface area contributed by atoms with Gasteiger partial charge in [-0.3, -0.25) is 11.3 Å². The second-order valence-corrected chi connectivity index (χ2v) is 4.71. The fourth-order valence-electron chi connectivity index (χ4n) is 1.95. The smallest absolute Gasteiger partial charge is 0.173 e. The highest BCUT2D eigenvalue weighted by atomic mass is 16.7. The van der Waals surface area contributed by atoms with E-state index in [1.165, 1.54) is 11.1 Å². The second kappa shape index (κ2) is 7.48. The molecule has 1 aromatic rings. The molecular formula is C14H24N2O2. The first-order chi connectivity index (χ1) is 8.62. The van der Waals surface area contributed by atoms with Crippen molar-refractivity contribution in [2.75, 3.05) is 14.2 Å². The molecule has 0 fully saturated rings. The van der Waals surface area contributed by atoms with E-state index in [-0.39, 0.29) is 12.3 Å². The van der Waals surface area contributed by atoms with Gasteiger partial charge in [0.15, 0.2) is 6.29 Å². The van der Waals surface area contributed by atoms with Crippen LogP contribution in [0.15, 0.2) is 24.3 Å². The maximum atomic E-state index is 5.54. The molecule has 0 radical (unpaired) electrons. The summed E-state index contributed by atoms with van der Waals surface area (Å²) >= 11 is 0. The van der Waals surface area contributed by atoms with E-state index in [0.717, 1.165) is 6.42 Å². The largest absolute Gasteiger partial charge is 0.354 e. The number of nitrogens with one attached hydrogen (secondary N) is 1. The molecule has 0 spiro atoms. The van der Waals surface area contributed by atoms with Gasteiger partial charge in [0, 0.05) is 14.2 Å². The molecule has 0 aliphatic heterocycles. The quantitative estimate of drug-likeness (QED) is 0.441. The van der Waals surface area contributed by atoms with Crippen molar-refractivity contribution in [3.63, 3.8) is 0 Å². The molecule has 0 saturated carbocycles. The molecule has 0 aliphatic rings. The van der Waals surface area contributed by atoms with Crippen LogP contribution in [0.2, 0.25) is 0 Å². The van der Waals surface area contributed by atoms with Crippen LogP contribution < -0.4 is 11.3 Å². The SMILES string of the molecule is COC(OC)C(Cc1ccc(C(C)C)cc1)NN. The summed E-state index contributed by atoms with van der Waals surface area (Å²) in [4.78, 5) is 0. The number of hydrazine groups is 1. The van der Waals surface area contributed by atoms with Gasteiger partial charge in [0.2, 0.25) is 0 Å². The summed E-state index contributed by atoms with van der Waals surface area (Å²) in [7, 11) is 3.22. The maximum Gasteiger partial charge on any atom is 0.173 e. The van der Waals surface area contributed by atoms with E-state index in [0.29, 0.717) is 5.92 Å². The Morgan fingerprint density at radius 2 is 1.67 bits per heavy atom. The molecule has 0 aliphatic carbocycles. The lowest BCUT2D eigenvalue weighted by molar-refractivity contribution is -0.122. The predicted molar refractivity (Wildman–Crippen MR) is 73.2 cm³/mol. The van der Waals surface area contributed by atoms with E-state index < -0.39 is 0 Å². The Labute approximate surface area is 109 Å². The summed E-state index contributed by atoms with van der Waals surface area (Å²) in [6, 6.07) is 8.50. The van der Waals surface area contributed by atoms with E-state index >= 15 is 0 Å². The third kappa shape index (κ3) is 4.07. The molecule has 18 heavy (non-hydrogen) atoms. The Morgan fingerprint density at radius 3 is 2.06 bits per heavy atom. The molecule has 4 nitrogen and oxygen atoms in total. The van der Waals surface area contributed by atoms with Gasteiger partial charge in [-0.05, 0) is 23.5 Å². The summed E-state index contributed by atoms with van der Waals surface area (Å²) in [6.07, 6.45) is 0.418. The average Bonchev–Trinajstić information content (AvgIpc) is 2.39. The number of nitrogens with two attached hydrogens (primary N) is 1. The van der Waals surface area contributed by atoms with Crippen molar-refractivity contribution in [3.8, 4) is 0 Å². The summed E-state index contributed by atoms with van der Waals surface area (Å²) < 4.78 is 10.4. The Bertz CT molecular complexity index is 334. The van der Waals surface area contributed by atoms with Crippen molar-refractivity contribution in [2.24, 2.45) is 5.84 Å². The van der Waals surface area contributed by atoms with Crippen LogP contribution in [-0.2, 0) is 15.9 Å². The van der Waals surface area contributed by atoms with Crippen molar-refractivity contribution in [1.82, 2.24) is 5.43 Å². The molecule has 4 heteroatoms. The minimum Gasteiger partial charge on any atom is -0.354 e. The molecule has 1 aromatic carbocycles. The summed E-state index contributed by atoms with van der Waals surface area (Å²) in [6.45, 7) is 4.37. The lowest BCUT2D eigenvalue weighted by Gasteiger charge is -2.24. The molecule has 0 amide bonds. The van der Waals surface area contributed by atoms with Crippen LogP contribution in [0.4, 0.5) is 0 Å². The highest BCUT2D eigenvalue weighted by Gasteiger charge is 2.19. The fourth-order valence-corrected chi connectivity index (χ4v) is 1.95. The molecule has 1 atom stereocenters. The Balaban J connectivity index is 2.70. The van der Waals surface area contributed by atoms with Gasteiger partial charge in [-0.1, -0.05) is 38.1 Å². The topological polar surface area (TPSA) is 56.5 Å². The van der Waals surface area contributed by atoms with Crippen molar-refractivity contribution < 1.29 is 9.47 Å². The second-order valence-electron chi connectivity index (χ2n) is 4.71. The van der Waals surface area contributed by atoms with E-state index in [1.807, 2.05) is 0 Å². The van der Waals surface area contributed by atoms with E-state index in [1.54, 1.807) is 14.2 Å². The maximum absolute atomic E-state index is 5.54. The molecule has 3 N–H and O–H groups in total. The van der Waals surface area contributed by atoms with E-state index in [4.69, 9.17) is 15.3 Å². The van der Waals surface area contributed by atoms with Gasteiger partial charge in [-0.2, -0.15) is 0 Å². The van der Waals surface area contributed by atoms with Crippen molar-refractivity contribution in [3.05, 3.63) is 35.4 Å². The molecule has 1 rings (SSSR count). The lowest BCUT2D eigenvalue weighted by atomic mass is 9.99. The van der Waals surface area contributed by atoms with Crippen LogP contribution in [0.1, 0.15) is 30.9 Å². The van der Waals surface area contributed by atoms with Gasteiger partial charge >= 0.3 is 0 Å². The Hall–Kier alpha value is -0.940. The molecule has 0 bridgehead atoms. The van der Waals surface area contributed by atoms with Crippen LogP contribution >= 0.6 is 0 Å². The van der Waals surface area contributed by atoms with Crippen LogP contribution in [0.25, 0.3) is 0 Å². The summed E-state index contributed by atoms with van der Waals surface area (Å²) in [5, 5.41) is 0. The van der Waals surface area contributed by atoms with Gasteiger partial charge in [0.25, 0.3) is 0 Å². The highest BCUT2D eigenvalue weighted by Crippen LogP contribution is 2.16. The summed E-state index contributed by atoms with van der Waals surface area (Å²) in [5.74, 6) is 6.09. The monoisotopic (exact) mass is 252 g/mol. The zero-order valence-electron chi connectivity index (χ0n) is 11.6. The van der Waals surface area contributed by atoms with Crippen molar-refractivity contribution in [2.45, 2.75) is 38.5 Å². The minimum atomic E-state index is -0.347. The third-order valence-corrected chi connectivity index (χ3v) is 3.11. The fraction of sp³-hybridized carbons (Fsp3) is 0.571. The zero-order valence-corrected chi connectivity index (χ0v) is 11.6. The standard InChI is InChI=1S/C14H24N2O2/c1-10(2)12-7-5-11(6-8-12)9-13(16-15)14(17-3)18-4/h5-8,10,13-14,16H,9,15H2,1-4H3. The van der Waals surface area contributed by atoms with E-state index in [2.05, 4.69) is 43.5 Å². The first kappa shape index (κ1) is 15.1. The predicted octanol–water partition coefficient (Wildman–Crippen LogP) is 1.80. The molecule has 0 heterocycles. The third-order valence-electron chi connectivity index (χ3n) is 3.11. The van der Waals surface area contributed by atoms with Crippen molar-refractivity contribution in [1.29, 1.82) is 0 Å². The molecule has 102 valence electrons. The number of hydrogen-bond acceptors (Lipinski definition) is 4. The van der Waals surface area contributed by atoms with E-state index in [9.17, 15) is 0 Å². The van der Waals surface area contributed by atoms with Gasteiger partial charge in [0.1, 0.15) is 0 Å². The number of rotatable bonds is 7.